The second-order valence-electron chi connectivity index (χ2n) is 4.30. The number of carbonyl (C=O) groups is 1. The van der Waals surface area contributed by atoms with Crippen molar-refractivity contribution in [2.75, 3.05) is 5.73 Å². The van der Waals surface area contributed by atoms with Crippen LogP contribution in [0.5, 0.6) is 0 Å². The van der Waals surface area contributed by atoms with E-state index in [0.29, 0.717) is 23.8 Å². The summed E-state index contributed by atoms with van der Waals surface area (Å²) in [5, 5.41) is 2.69. The molecule has 0 aliphatic carbocycles. The van der Waals surface area contributed by atoms with Crippen molar-refractivity contribution < 1.29 is 4.79 Å². The van der Waals surface area contributed by atoms with Gasteiger partial charge in [0.1, 0.15) is 12.4 Å². The van der Waals surface area contributed by atoms with Crippen LogP contribution in [0.2, 0.25) is 0 Å². The third-order valence-corrected chi connectivity index (χ3v) is 2.62. The van der Waals surface area contributed by atoms with Crippen LogP contribution in [-0.4, -0.2) is 20.4 Å². The molecule has 0 saturated carbocycles. The van der Waals surface area contributed by atoms with Gasteiger partial charge in [0, 0.05) is 24.1 Å². The number of nitrogens with two attached hydrogens (primary N) is 1. The summed E-state index contributed by atoms with van der Waals surface area (Å²) in [6.45, 7) is 1.99. The quantitative estimate of drug-likeness (QED) is 0.806. The first-order chi connectivity index (χ1) is 9.54. The highest BCUT2D eigenvalue weighted by molar-refractivity contribution is 5.75. The van der Waals surface area contributed by atoms with Gasteiger partial charge in [0.05, 0.1) is 12.2 Å². The van der Waals surface area contributed by atoms with E-state index in [2.05, 4.69) is 15.3 Å². The number of carbonyl (C=O) groups excluding carboxylic acids is 1. The molecule has 1 amide bonds. The molecule has 3 N–H and O–H groups in total. The third-order valence-electron chi connectivity index (χ3n) is 2.62. The summed E-state index contributed by atoms with van der Waals surface area (Å²) in [4.78, 5) is 31.5. The van der Waals surface area contributed by atoms with Gasteiger partial charge in [0.25, 0.3) is 5.56 Å². The fraction of sp³-hybridized carbons (Fsp3) is 0.231. The molecule has 7 nitrogen and oxygen atoms in total. The van der Waals surface area contributed by atoms with E-state index in [1.165, 1.54) is 22.9 Å². The van der Waals surface area contributed by atoms with Gasteiger partial charge in [0.15, 0.2) is 0 Å². The number of rotatable bonds is 4. The Morgan fingerprint density at radius 2 is 2.20 bits per heavy atom. The Balaban J connectivity index is 1.96. The molecule has 0 unspecified atom stereocenters. The predicted octanol–water partition coefficient (Wildman–Crippen LogP) is -0.155. The van der Waals surface area contributed by atoms with E-state index in [-0.39, 0.29) is 18.0 Å². The van der Waals surface area contributed by atoms with E-state index in [4.69, 9.17) is 5.73 Å². The van der Waals surface area contributed by atoms with Crippen LogP contribution in [0.3, 0.4) is 0 Å². The average Bonchev–Trinajstić information content (AvgIpc) is 2.41. The van der Waals surface area contributed by atoms with Gasteiger partial charge < -0.3 is 15.6 Å². The van der Waals surface area contributed by atoms with E-state index in [1.807, 2.05) is 0 Å². The van der Waals surface area contributed by atoms with Crippen LogP contribution in [0, 0.1) is 6.92 Å². The first kappa shape index (κ1) is 13.7. The summed E-state index contributed by atoms with van der Waals surface area (Å²) >= 11 is 0. The number of amides is 1. The topological polar surface area (TPSA) is 103 Å². The number of anilines is 1. The molecule has 0 bridgehead atoms. The van der Waals surface area contributed by atoms with Gasteiger partial charge in [-0.25, -0.2) is 9.97 Å². The molecule has 20 heavy (non-hydrogen) atoms. The summed E-state index contributed by atoms with van der Waals surface area (Å²) in [7, 11) is 0. The number of pyridine rings is 1. The number of aryl methyl sites for hydroxylation is 1. The molecule has 0 saturated heterocycles. The van der Waals surface area contributed by atoms with Crippen molar-refractivity contribution in [2.45, 2.75) is 20.0 Å². The summed E-state index contributed by atoms with van der Waals surface area (Å²) in [5.41, 5.74) is 6.45. The Bertz CT molecular complexity index is 680. The van der Waals surface area contributed by atoms with Gasteiger partial charge in [-0.2, -0.15) is 0 Å². The molecule has 0 aliphatic heterocycles. The van der Waals surface area contributed by atoms with Crippen LogP contribution in [0.15, 0.2) is 35.4 Å². The SMILES string of the molecule is Cc1nccc(CNC(=O)Cn2cc(N)ccc2=O)n1. The molecule has 2 rings (SSSR count). The Hall–Kier alpha value is -2.70. The maximum Gasteiger partial charge on any atom is 0.251 e. The smallest absolute Gasteiger partial charge is 0.251 e. The molecule has 2 heterocycles. The van der Waals surface area contributed by atoms with Crippen molar-refractivity contribution >= 4 is 11.6 Å². The molecular formula is C13H15N5O2. The largest absolute Gasteiger partial charge is 0.398 e. The van der Waals surface area contributed by atoms with Crippen LogP contribution in [0.4, 0.5) is 5.69 Å². The first-order valence-electron chi connectivity index (χ1n) is 6.06. The van der Waals surface area contributed by atoms with Gasteiger partial charge in [-0.15, -0.1) is 0 Å². The van der Waals surface area contributed by atoms with Gasteiger partial charge in [-0.3, -0.25) is 9.59 Å². The fourth-order valence-corrected chi connectivity index (χ4v) is 1.68. The second kappa shape index (κ2) is 5.96. The summed E-state index contributed by atoms with van der Waals surface area (Å²) in [5.74, 6) is 0.359. The fourth-order valence-electron chi connectivity index (χ4n) is 1.68. The van der Waals surface area contributed by atoms with E-state index < -0.39 is 0 Å². The molecule has 0 aliphatic rings. The lowest BCUT2D eigenvalue weighted by Gasteiger charge is -2.07. The summed E-state index contributed by atoms with van der Waals surface area (Å²) < 4.78 is 1.26. The van der Waals surface area contributed by atoms with Crippen LogP contribution >= 0.6 is 0 Å². The Kier molecular flexibility index (Phi) is 4.09. The zero-order chi connectivity index (χ0) is 14.5. The van der Waals surface area contributed by atoms with Crippen molar-refractivity contribution in [2.24, 2.45) is 0 Å². The number of nitrogen functional groups attached to an aromatic ring is 1. The zero-order valence-corrected chi connectivity index (χ0v) is 11.0. The lowest BCUT2D eigenvalue weighted by atomic mass is 10.3. The van der Waals surface area contributed by atoms with E-state index >= 15 is 0 Å². The number of nitrogens with zero attached hydrogens (tertiary/aromatic N) is 3. The number of hydrogen-bond donors (Lipinski definition) is 2. The van der Waals surface area contributed by atoms with Crippen molar-refractivity contribution in [1.82, 2.24) is 19.9 Å². The minimum Gasteiger partial charge on any atom is -0.398 e. The van der Waals surface area contributed by atoms with Crippen LogP contribution in [-0.2, 0) is 17.9 Å². The number of nitrogens with one attached hydrogen (secondary N) is 1. The molecule has 2 aromatic rings. The van der Waals surface area contributed by atoms with Crippen LogP contribution in [0.1, 0.15) is 11.5 Å². The molecule has 7 heteroatoms. The van der Waals surface area contributed by atoms with Crippen molar-refractivity contribution in [3.05, 3.63) is 52.5 Å². The minimum absolute atomic E-state index is 0.0755. The molecular weight excluding hydrogens is 258 g/mol. The first-order valence-corrected chi connectivity index (χ1v) is 6.06. The normalized spacial score (nSPS) is 10.2. The van der Waals surface area contributed by atoms with Gasteiger partial charge in [0.2, 0.25) is 5.91 Å². The lowest BCUT2D eigenvalue weighted by molar-refractivity contribution is -0.121. The lowest BCUT2D eigenvalue weighted by Crippen LogP contribution is -2.31. The van der Waals surface area contributed by atoms with Crippen molar-refractivity contribution in [3.63, 3.8) is 0 Å². The predicted molar refractivity (Wildman–Crippen MR) is 73.7 cm³/mol. The van der Waals surface area contributed by atoms with Crippen LogP contribution < -0.4 is 16.6 Å². The minimum atomic E-state index is -0.283. The van der Waals surface area contributed by atoms with Gasteiger partial charge in [-0.1, -0.05) is 0 Å². The molecule has 2 aromatic heterocycles. The van der Waals surface area contributed by atoms with Crippen molar-refractivity contribution in [3.8, 4) is 0 Å². The highest BCUT2D eigenvalue weighted by Crippen LogP contribution is 1.96. The summed E-state index contributed by atoms with van der Waals surface area (Å²) in [6, 6.07) is 4.55. The van der Waals surface area contributed by atoms with E-state index in [1.54, 1.807) is 19.2 Å². The molecule has 0 spiro atoms. The highest BCUT2D eigenvalue weighted by atomic mass is 16.2. The summed E-state index contributed by atoms with van der Waals surface area (Å²) in [6.07, 6.45) is 3.07. The zero-order valence-electron chi connectivity index (χ0n) is 11.0. The third kappa shape index (κ3) is 3.64. The molecule has 0 radical (unpaired) electrons. The second-order valence-corrected chi connectivity index (χ2v) is 4.30. The molecule has 104 valence electrons. The average molecular weight is 273 g/mol. The standard InChI is InChI=1S/C13H15N5O2/c1-9-15-5-4-11(17-9)6-16-12(19)8-18-7-10(14)2-3-13(18)20/h2-5,7H,6,8,14H2,1H3,(H,16,19). The van der Waals surface area contributed by atoms with Gasteiger partial charge >= 0.3 is 0 Å². The number of aromatic nitrogens is 3. The molecule has 0 aromatic carbocycles. The Morgan fingerprint density at radius 1 is 1.40 bits per heavy atom. The Morgan fingerprint density at radius 3 is 2.95 bits per heavy atom. The maximum atomic E-state index is 11.8. The maximum absolute atomic E-state index is 11.8. The molecule has 0 fully saturated rings. The Labute approximate surface area is 115 Å². The monoisotopic (exact) mass is 273 g/mol. The van der Waals surface area contributed by atoms with Crippen LogP contribution in [0.25, 0.3) is 0 Å². The van der Waals surface area contributed by atoms with Crippen molar-refractivity contribution in [1.29, 1.82) is 0 Å². The van der Waals surface area contributed by atoms with E-state index in [0.717, 1.165) is 0 Å². The highest BCUT2D eigenvalue weighted by Gasteiger charge is 2.05. The van der Waals surface area contributed by atoms with E-state index in [9.17, 15) is 9.59 Å². The van der Waals surface area contributed by atoms with Gasteiger partial charge in [-0.05, 0) is 19.1 Å². The number of hydrogen-bond acceptors (Lipinski definition) is 5. The molecule has 0 atom stereocenters.